The first kappa shape index (κ1) is 16.5. The molecule has 0 aliphatic heterocycles. The first-order valence-corrected chi connectivity index (χ1v) is 8.34. The number of halogens is 2. The Bertz CT molecular complexity index is 670. The van der Waals surface area contributed by atoms with Crippen molar-refractivity contribution in [2.75, 3.05) is 6.54 Å². The fourth-order valence-electron chi connectivity index (χ4n) is 2.07. The molecule has 0 bridgehead atoms. The van der Waals surface area contributed by atoms with Crippen LogP contribution in [-0.4, -0.2) is 37.2 Å². The van der Waals surface area contributed by atoms with E-state index in [0.717, 1.165) is 12.1 Å². The highest BCUT2D eigenvalue weighted by Gasteiger charge is 2.29. The van der Waals surface area contributed by atoms with E-state index in [4.69, 9.17) is 33.4 Å². The fraction of sp³-hybridized carbons (Fsp3) is 0.417. The summed E-state index contributed by atoms with van der Waals surface area (Å²) in [6, 6.07) is 2.03. The minimum absolute atomic E-state index is 0.0693. The van der Waals surface area contributed by atoms with Crippen molar-refractivity contribution >= 4 is 39.2 Å². The standard InChI is InChI=1S/C12H13Cl2NO5S/c13-9-4-10(14)11(3-8(9)12(17)18)21(19,20)15-5-6-1-7(16)2-6/h3-4,6-7,15-16H,1-2,5H2,(H,17,18). The molecule has 1 aromatic rings. The average molecular weight is 354 g/mol. The van der Waals surface area contributed by atoms with Gasteiger partial charge in [-0.15, -0.1) is 0 Å². The molecule has 0 amide bonds. The molecule has 0 spiro atoms. The number of aliphatic hydroxyl groups is 1. The summed E-state index contributed by atoms with van der Waals surface area (Å²) >= 11 is 11.6. The van der Waals surface area contributed by atoms with E-state index in [0.29, 0.717) is 12.8 Å². The van der Waals surface area contributed by atoms with Crippen LogP contribution in [0.5, 0.6) is 0 Å². The average Bonchev–Trinajstić information content (AvgIpc) is 2.32. The molecule has 0 radical (unpaired) electrons. The van der Waals surface area contributed by atoms with Gasteiger partial charge in [0.2, 0.25) is 10.0 Å². The lowest BCUT2D eigenvalue weighted by atomic mass is 9.83. The number of aromatic carboxylic acids is 1. The molecule has 6 nitrogen and oxygen atoms in total. The van der Waals surface area contributed by atoms with Crippen molar-refractivity contribution in [3.8, 4) is 0 Å². The van der Waals surface area contributed by atoms with Crippen molar-refractivity contribution in [2.45, 2.75) is 23.8 Å². The van der Waals surface area contributed by atoms with Gasteiger partial charge in [0, 0.05) is 6.54 Å². The summed E-state index contributed by atoms with van der Waals surface area (Å²) in [5.41, 5.74) is -0.333. The second-order valence-corrected chi connectivity index (χ2v) is 7.46. The highest BCUT2D eigenvalue weighted by Crippen LogP contribution is 2.30. The molecule has 3 N–H and O–H groups in total. The quantitative estimate of drug-likeness (QED) is 0.747. The minimum Gasteiger partial charge on any atom is -0.478 e. The normalized spacial score (nSPS) is 21.9. The third-order valence-corrected chi connectivity index (χ3v) is 5.52. The van der Waals surface area contributed by atoms with Crippen LogP contribution in [-0.2, 0) is 10.0 Å². The first-order chi connectivity index (χ1) is 9.70. The number of sulfonamides is 1. The number of aliphatic hydroxyl groups excluding tert-OH is 1. The number of carbonyl (C=O) groups is 1. The lowest BCUT2D eigenvalue weighted by Crippen LogP contribution is -2.38. The smallest absolute Gasteiger partial charge is 0.337 e. The number of carboxylic acids is 1. The number of benzene rings is 1. The van der Waals surface area contributed by atoms with Crippen LogP contribution >= 0.6 is 23.2 Å². The molecule has 2 rings (SSSR count). The maximum absolute atomic E-state index is 12.2. The van der Waals surface area contributed by atoms with Gasteiger partial charge in [-0.25, -0.2) is 17.9 Å². The molecule has 1 aliphatic carbocycles. The van der Waals surface area contributed by atoms with Gasteiger partial charge in [-0.1, -0.05) is 23.2 Å². The van der Waals surface area contributed by atoms with Crippen LogP contribution in [0.25, 0.3) is 0 Å². The van der Waals surface area contributed by atoms with Gasteiger partial charge >= 0.3 is 5.97 Å². The molecule has 0 heterocycles. The summed E-state index contributed by atoms with van der Waals surface area (Å²) in [6.45, 7) is 0.167. The minimum atomic E-state index is -3.94. The summed E-state index contributed by atoms with van der Waals surface area (Å²) in [6.07, 6.45) is 0.700. The molecule has 1 aliphatic rings. The molecule has 1 fully saturated rings. The summed E-state index contributed by atoms with van der Waals surface area (Å²) in [7, 11) is -3.94. The molecule has 0 saturated heterocycles. The van der Waals surface area contributed by atoms with Crippen LogP contribution in [0.2, 0.25) is 10.0 Å². The van der Waals surface area contributed by atoms with Gasteiger partial charge in [0.15, 0.2) is 0 Å². The zero-order valence-electron chi connectivity index (χ0n) is 10.7. The third kappa shape index (κ3) is 3.67. The lowest BCUT2D eigenvalue weighted by molar-refractivity contribution is 0.0453. The monoisotopic (exact) mass is 353 g/mol. The highest BCUT2D eigenvalue weighted by atomic mass is 35.5. The molecular formula is C12H13Cl2NO5S. The molecule has 21 heavy (non-hydrogen) atoms. The second-order valence-electron chi connectivity index (χ2n) is 4.91. The second kappa shape index (κ2) is 6.10. The van der Waals surface area contributed by atoms with Gasteiger partial charge in [0.05, 0.1) is 21.7 Å². The Morgan fingerprint density at radius 2 is 1.90 bits per heavy atom. The third-order valence-electron chi connectivity index (χ3n) is 3.31. The largest absolute Gasteiger partial charge is 0.478 e. The summed E-state index contributed by atoms with van der Waals surface area (Å²) < 4.78 is 26.7. The van der Waals surface area contributed by atoms with E-state index < -0.39 is 16.0 Å². The molecule has 9 heteroatoms. The Kier molecular flexibility index (Phi) is 4.79. The molecule has 0 aromatic heterocycles. The van der Waals surface area contributed by atoms with Gasteiger partial charge < -0.3 is 10.2 Å². The molecule has 1 saturated carbocycles. The van der Waals surface area contributed by atoms with E-state index in [2.05, 4.69) is 4.72 Å². The Labute approximate surface area is 131 Å². The number of hydrogen-bond donors (Lipinski definition) is 3. The number of rotatable bonds is 5. The van der Waals surface area contributed by atoms with E-state index in [1.807, 2.05) is 0 Å². The first-order valence-electron chi connectivity index (χ1n) is 6.10. The van der Waals surface area contributed by atoms with Crippen LogP contribution in [0.4, 0.5) is 0 Å². The van der Waals surface area contributed by atoms with Gasteiger partial charge in [0.1, 0.15) is 4.90 Å². The fourth-order valence-corrected chi connectivity index (χ4v) is 4.04. The Morgan fingerprint density at radius 3 is 2.43 bits per heavy atom. The zero-order chi connectivity index (χ0) is 15.8. The van der Waals surface area contributed by atoms with Crippen LogP contribution < -0.4 is 4.72 Å². The van der Waals surface area contributed by atoms with Crippen molar-refractivity contribution in [1.82, 2.24) is 4.72 Å². The van der Waals surface area contributed by atoms with Crippen molar-refractivity contribution in [2.24, 2.45) is 5.92 Å². The van der Waals surface area contributed by atoms with E-state index >= 15 is 0 Å². The van der Waals surface area contributed by atoms with Gasteiger partial charge in [-0.05, 0) is 30.9 Å². The predicted molar refractivity (Wildman–Crippen MR) is 77.3 cm³/mol. The number of nitrogens with one attached hydrogen (secondary N) is 1. The molecule has 116 valence electrons. The van der Waals surface area contributed by atoms with E-state index in [-0.39, 0.29) is 39.1 Å². The van der Waals surface area contributed by atoms with Crippen LogP contribution in [0, 0.1) is 5.92 Å². The number of hydrogen-bond acceptors (Lipinski definition) is 4. The molecular weight excluding hydrogens is 341 g/mol. The van der Waals surface area contributed by atoms with Gasteiger partial charge in [-0.2, -0.15) is 0 Å². The van der Waals surface area contributed by atoms with Crippen LogP contribution in [0.3, 0.4) is 0 Å². The summed E-state index contributed by atoms with van der Waals surface area (Å²) in [5, 5.41) is 17.9. The van der Waals surface area contributed by atoms with Crippen molar-refractivity contribution in [3.05, 3.63) is 27.7 Å². The highest BCUT2D eigenvalue weighted by molar-refractivity contribution is 7.89. The van der Waals surface area contributed by atoms with E-state index in [9.17, 15) is 13.2 Å². The lowest BCUT2D eigenvalue weighted by Gasteiger charge is -2.31. The van der Waals surface area contributed by atoms with Crippen LogP contribution in [0.15, 0.2) is 17.0 Å². The Balaban J connectivity index is 2.22. The van der Waals surface area contributed by atoms with E-state index in [1.165, 1.54) is 0 Å². The molecule has 0 unspecified atom stereocenters. The van der Waals surface area contributed by atoms with Gasteiger partial charge in [-0.3, -0.25) is 0 Å². The molecule has 0 atom stereocenters. The predicted octanol–water partition coefficient (Wildman–Crippen LogP) is 1.74. The number of carboxylic acid groups (broad SMARTS) is 1. The summed E-state index contributed by atoms with van der Waals surface area (Å²) in [5.74, 6) is -1.27. The topological polar surface area (TPSA) is 104 Å². The van der Waals surface area contributed by atoms with Crippen molar-refractivity contribution < 1.29 is 23.4 Å². The SMILES string of the molecule is O=C(O)c1cc(S(=O)(=O)NCC2CC(O)C2)c(Cl)cc1Cl. The zero-order valence-corrected chi connectivity index (χ0v) is 13.0. The van der Waals surface area contributed by atoms with Crippen molar-refractivity contribution in [3.63, 3.8) is 0 Å². The Hall–Kier alpha value is -0.860. The maximum Gasteiger partial charge on any atom is 0.337 e. The Morgan fingerprint density at radius 1 is 1.29 bits per heavy atom. The van der Waals surface area contributed by atoms with E-state index in [1.54, 1.807) is 0 Å². The molecule has 1 aromatic carbocycles. The summed E-state index contributed by atoms with van der Waals surface area (Å²) in [4.78, 5) is 10.7. The maximum atomic E-state index is 12.2. The van der Waals surface area contributed by atoms with Gasteiger partial charge in [0.25, 0.3) is 0 Å². The van der Waals surface area contributed by atoms with Crippen LogP contribution in [0.1, 0.15) is 23.2 Å². The van der Waals surface area contributed by atoms with Crippen molar-refractivity contribution in [1.29, 1.82) is 0 Å².